The molecule has 9 nitrogen and oxygen atoms in total. The number of nitrogens with zero attached hydrogens (tertiary/aromatic N) is 4. The van der Waals surface area contributed by atoms with Crippen LogP contribution in [0.1, 0.15) is 23.0 Å². The van der Waals surface area contributed by atoms with Gasteiger partial charge in [0.25, 0.3) is 0 Å². The smallest absolute Gasteiger partial charge is 0.416 e. The van der Waals surface area contributed by atoms with Crippen LogP contribution in [0.5, 0.6) is 5.75 Å². The van der Waals surface area contributed by atoms with E-state index in [2.05, 4.69) is 15.3 Å². The first-order valence-electron chi connectivity index (χ1n) is 10.9. The van der Waals surface area contributed by atoms with Crippen LogP contribution in [0.3, 0.4) is 0 Å². The summed E-state index contributed by atoms with van der Waals surface area (Å²) in [4.78, 5) is 27.6. The Balaban J connectivity index is 1.35. The van der Waals surface area contributed by atoms with E-state index in [4.69, 9.17) is 9.84 Å². The average Bonchev–Trinajstić information content (AvgIpc) is 3.30. The van der Waals surface area contributed by atoms with Gasteiger partial charge in [0.2, 0.25) is 0 Å². The highest BCUT2D eigenvalue weighted by Crippen LogP contribution is 2.29. The molecule has 1 fully saturated rings. The molecular formula is C23H24F3N5O4. The number of aromatic nitrogens is 2. The number of carbonyl (C=O) groups excluding carboxylic acids is 1. The summed E-state index contributed by atoms with van der Waals surface area (Å²) < 4.78 is 45.6. The van der Waals surface area contributed by atoms with Crippen molar-refractivity contribution in [2.75, 3.05) is 26.2 Å². The standard InChI is InChI=1S/C23H24F3N5O4/c1-15-13-29(9-10-30(15)22(34)31-8-6-19(28-31)21(32)33)14-16-3-2-4-18(11-16)35-20-12-17(5-7-27-20)23(24,25)26/h2-6,8,11-12,15,27H,7,9-10,13-14H2,1H3,(H,32,33)/t15-/m0/s1. The van der Waals surface area contributed by atoms with Crippen molar-refractivity contribution in [2.24, 2.45) is 0 Å². The first kappa shape index (κ1) is 24.3. The number of piperazine rings is 1. The molecule has 2 aliphatic rings. The molecule has 0 bridgehead atoms. The van der Waals surface area contributed by atoms with Crippen LogP contribution in [0.25, 0.3) is 0 Å². The molecule has 35 heavy (non-hydrogen) atoms. The van der Waals surface area contributed by atoms with Gasteiger partial charge in [0.15, 0.2) is 11.6 Å². The third-order valence-electron chi connectivity index (χ3n) is 5.71. The van der Waals surface area contributed by atoms with E-state index in [1.807, 2.05) is 13.0 Å². The fourth-order valence-electron chi connectivity index (χ4n) is 4.01. The van der Waals surface area contributed by atoms with Crippen molar-refractivity contribution in [1.29, 1.82) is 0 Å². The van der Waals surface area contributed by atoms with E-state index in [1.54, 1.807) is 23.1 Å². The summed E-state index contributed by atoms with van der Waals surface area (Å²) in [5, 5.41) is 15.6. The highest BCUT2D eigenvalue weighted by atomic mass is 19.4. The van der Waals surface area contributed by atoms with Gasteiger partial charge < -0.3 is 20.1 Å². The Labute approximate surface area is 199 Å². The molecule has 1 aromatic carbocycles. The number of carboxylic acid groups (broad SMARTS) is 1. The Morgan fingerprint density at radius 1 is 1.26 bits per heavy atom. The van der Waals surface area contributed by atoms with E-state index < -0.39 is 17.7 Å². The van der Waals surface area contributed by atoms with Gasteiger partial charge in [0.1, 0.15) is 5.75 Å². The molecule has 186 valence electrons. The summed E-state index contributed by atoms with van der Waals surface area (Å²) in [5.74, 6) is -0.754. The number of nitrogens with one attached hydrogen (secondary N) is 1. The lowest BCUT2D eigenvalue weighted by molar-refractivity contribution is -0.0889. The summed E-state index contributed by atoms with van der Waals surface area (Å²) in [6.45, 7) is 4.09. The topological polar surface area (TPSA) is 99.9 Å². The number of rotatable bonds is 5. The second-order valence-corrected chi connectivity index (χ2v) is 8.31. The summed E-state index contributed by atoms with van der Waals surface area (Å²) in [7, 11) is 0. The van der Waals surface area contributed by atoms with Gasteiger partial charge in [-0.15, -0.1) is 0 Å². The van der Waals surface area contributed by atoms with Crippen molar-refractivity contribution in [3.8, 4) is 5.75 Å². The molecule has 0 spiro atoms. The lowest BCUT2D eigenvalue weighted by Crippen LogP contribution is -2.54. The largest absolute Gasteiger partial charge is 0.476 e. The monoisotopic (exact) mass is 491 g/mol. The number of benzene rings is 1. The average molecular weight is 491 g/mol. The minimum Gasteiger partial charge on any atom is -0.476 e. The van der Waals surface area contributed by atoms with Crippen LogP contribution in [-0.2, 0) is 6.54 Å². The Kier molecular flexibility index (Phi) is 6.83. The Bertz CT molecular complexity index is 1170. The molecule has 1 saturated heterocycles. The number of carbonyl (C=O) groups is 2. The van der Waals surface area contributed by atoms with E-state index in [0.29, 0.717) is 31.9 Å². The number of alkyl halides is 3. The van der Waals surface area contributed by atoms with Gasteiger partial charge in [0.05, 0.1) is 5.57 Å². The maximum Gasteiger partial charge on any atom is 0.416 e. The van der Waals surface area contributed by atoms with E-state index in [-0.39, 0.29) is 30.2 Å². The molecule has 1 amide bonds. The number of dihydropyridines is 1. The van der Waals surface area contributed by atoms with E-state index >= 15 is 0 Å². The minimum atomic E-state index is -4.44. The van der Waals surface area contributed by atoms with Gasteiger partial charge in [-0.05, 0) is 30.7 Å². The lowest BCUT2D eigenvalue weighted by atomic mass is 10.1. The first-order chi connectivity index (χ1) is 16.6. The predicted octanol–water partition coefficient (Wildman–Crippen LogP) is 3.07. The van der Waals surface area contributed by atoms with Crippen LogP contribution in [0.15, 0.2) is 60.1 Å². The second-order valence-electron chi connectivity index (χ2n) is 8.31. The molecule has 2 aliphatic heterocycles. The quantitative estimate of drug-likeness (QED) is 0.663. The molecule has 1 atom stereocenters. The number of carboxylic acids is 1. The van der Waals surface area contributed by atoms with E-state index in [1.165, 1.54) is 12.3 Å². The van der Waals surface area contributed by atoms with Gasteiger partial charge in [-0.2, -0.15) is 23.0 Å². The number of ether oxygens (including phenoxy) is 1. The molecule has 0 radical (unpaired) electrons. The van der Waals surface area contributed by atoms with Crippen LogP contribution in [0, 0.1) is 0 Å². The summed E-state index contributed by atoms with van der Waals surface area (Å²) in [5.41, 5.74) is -0.0367. The van der Waals surface area contributed by atoms with Crippen LogP contribution < -0.4 is 10.1 Å². The van der Waals surface area contributed by atoms with E-state index in [0.717, 1.165) is 22.4 Å². The van der Waals surface area contributed by atoms with E-state index in [9.17, 15) is 22.8 Å². The van der Waals surface area contributed by atoms with Crippen LogP contribution in [-0.4, -0.2) is 75.1 Å². The molecule has 0 aliphatic carbocycles. The summed E-state index contributed by atoms with van der Waals surface area (Å²) in [6, 6.07) is 7.86. The zero-order valence-electron chi connectivity index (χ0n) is 18.8. The molecule has 4 rings (SSSR count). The fraction of sp³-hybridized carbons (Fsp3) is 0.348. The number of halogens is 3. The maximum absolute atomic E-state index is 13.0. The minimum absolute atomic E-state index is 0.0252. The van der Waals surface area contributed by atoms with Crippen LogP contribution >= 0.6 is 0 Å². The third-order valence-corrected chi connectivity index (χ3v) is 5.71. The Hall–Kier alpha value is -3.80. The second kappa shape index (κ2) is 9.82. The third kappa shape index (κ3) is 5.83. The first-order valence-corrected chi connectivity index (χ1v) is 10.9. The van der Waals surface area contributed by atoms with Gasteiger partial charge in [0, 0.05) is 51.0 Å². The van der Waals surface area contributed by atoms with Crippen molar-refractivity contribution < 1.29 is 32.6 Å². The summed E-state index contributed by atoms with van der Waals surface area (Å²) >= 11 is 0. The van der Waals surface area contributed by atoms with Crippen LogP contribution in [0.4, 0.5) is 18.0 Å². The zero-order valence-corrected chi connectivity index (χ0v) is 18.8. The van der Waals surface area contributed by atoms with Gasteiger partial charge in [-0.1, -0.05) is 18.2 Å². The van der Waals surface area contributed by atoms with Crippen molar-refractivity contribution in [1.82, 2.24) is 24.9 Å². The van der Waals surface area contributed by atoms with Gasteiger partial charge in [-0.25, -0.2) is 9.59 Å². The van der Waals surface area contributed by atoms with Crippen molar-refractivity contribution in [2.45, 2.75) is 25.7 Å². The maximum atomic E-state index is 13.0. The number of hydrogen-bond donors (Lipinski definition) is 2. The number of amides is 1. The fourth-order valence-corrected chi connectivity index (χ4v) is 4.01. The number of allylic oxidation sites excluding steroid dienone is 2. The predicted molar refractivity (Wildman–Crippen MR) is 119 cm³/mol. The lowest BCUT2D eigenvalue weighted by Gasteiger charge is -2.39. The molecule has 2 N–H and O–H groups in total. The Morgan fingerprint density at radius 3 is 2.74 bits per heavy atom. The van der Waals surface area contributed by atoms with Crippen molar-refractivity contribution in [3.05, 3.63) is 71.4 Å². The number of hydrogen-bond acceptors (Lipinski definition) is 6. The molecule has 0 unspecified atom stereocenters. The van der Waals surface area contributed by atoms with Crippen molar-refractivity contribution in [3.63, 3.8) is 0 Å². The highest BCUT2D eigenvalue weighted by molar-refractivity contribution is 5.86. The molecule has 1 aromatic heterocycles. The van der Waals surface area contributed by atoms with Gasteiger partial charge in [-0.3, -0.25) is 4.90 Å². The SMILES string of the molecule is C[C@H]1CN(Cc2cccc(OC3=CC(C(F)(F)F)=CCN3)c2)CCN1C(=O)n1ccc(C(=O)O)n1. The Morgan fingerprint density at radius 2 is 2.06 bits per heavy atom. The molecular weight excluding hydrogens is 467 g/mol. The molecule has 12 heteroatoms. The van der Waals surface area contributed by atoms with Gasteiger partial charge >= 0.3 is 18.2 Å². The normalized spacial score (nSPS) is 19.0. The zero-order chi connectivity index (χ0) is 25.2. The summed E-state index contributed by atoms with van der Waals surface area (Å²) in [6.07, 6.45) is -1.10. The van der Waals surface area contributed by atoms with Crippen LogP contribution in [0.2, 0.25) is 0 Å². The van der Waals surface area contributed by atoms with Crippen molar-refractivity contribution >= 4 is 12.0 Å². The molecule has 0 saturated carbocycles. The molecule has 3 heterocycles. The number of aromatic carboxylic acids is 1. The molecule has 2 aromatic rings. The highest BCUT2D eigenvalue weighted by Gasteiger charge is 2.34.